The molecule has 75 heavy (non-hydrogen) atoms. The number of allylic oxidation sites excluding steroid dienone is 19. The lowest BCUT2D eigenvalue weighted by molar-refractivity contribution is -0.870. The van der Waals surface area contributed by atoms with Gasteiger partial charge in [0.05, 0.1) is 39.9 Å². The van der Waals surface area contributed by atoms with Crippen LogP contribution in [-0.2, 0) is 18.4 Å². The summed E-state index contributed by atoms with van der Waals surface area (Å²) in [4.78, 5) is 25.5. The van der Waals surface area contributed by atoms with E-state index in [0.717, 1.165) is 96.3 Å². The summed E-state index contributed by atoms with van der Waals surface area (Å²) in [5, 5.41) is 13.9. The number of phosphoric acid groups is 1. The lowest BCUT2D eigenvalue weighted by Crippen LogP contribution is -2.45. The van der Waals surface area contributed by atoms with Crippen molar-refractivity contribution in [2.45, 2.75) is 251 Å². The number of carbonyl (C=O) groups excluding carboxylic acids is 1. The highest BCUT2D eigenvalue weighted by Crippen LogP contribution is 2.38. The van der Waals surface area contributed by atoms with Crippen LogP contribution in [0.15, 0.2) is 122 Å². The minimum absolute atomic E-state index is 0.0152. The Balaban J connectivity index is 4.24. The normalized spacial score (nSPS) is 14.7. The molecule has 0 bridgehead atoms. The lowest BCUT2D eigenvalue weighted by Gasteiger charge is -2.29. The minimum atomic E-state index is -4.62. The van der Waals surface area contributed by atoms with Crippen LogP contribution in [0, 0.1) is 0 Å². The Bertz CT molecular complexity index is 1630. The van der Waals surface area contributed by atoms with Gasteiger partial charge in [-0.05, 0) is 103 Å². The molecule has 3 unspecified atom stereocenters. The first kappa shape index (κ1) is 71.9. The number of hydrogen-bond acceptors (Lipinski definition) is 6. The molecule has 0 aromatic carbocycles. The van der Waals surface area contributed by atoms with E-state index in [0.29, 0.717) is 17.4 Å². The summed E-state index contributed by atoms with van der Waals surface area (Å²) < 4.78 is 23.3. The Morgan fingerprint density at radius 2 is 0.827 bits per heavy atom. The van der Waals surface area contributed by atoms with E-state index in [9.17, 15) is 19.4 Å². The van der Waals surface area contributed by atoms with E-state index < -0.39 is 26.6 Å². The van der Waals surface area contributed by atoms with E-state index in [1.54, 1.807) is 6.08 Å². The number of aliphatic hydroxyl groups excluding tert-OH is 1. The summed E-state index contributed by atoms with van der Waals surface area (Å²) in [6.45, 7) is 4.50. The Morgan fingerprint density at radius 3 is 1.24 bits per heavy atom. The van der Waals surface area contributed by atoms with Crippen molar-refractivity contribution < 1.29 is 32.9 Å². The second-order valence-electron chi connectivity index (χ2n) is 21.3. The summed E-state index contributed by atoms with van der Waals surface area (Å²) in [6.07, 6.45) is 82.8. The van der Waals surface area contributed by atoms with Gasteiger partial charge in [0.25, 0.3) is 7.82 Å². The molecule has 0 radical (unpaired) electrons. The van der Waals surface area contributed by atoms with Crippen LogP contribution in [0.1, 0.15) is 239 Å². The molecule has 0 fully saturated rings. The van der Waals surface area contributed by atoms with E-state index in [4.69, 9.17) is 9.05 Å². The number of hydrogen-bond donors (Lipinski definition) is 2. The van der Waals surface area contributed by atoms with Crippen LogP contribution in [0.25, 0.3) is 0 Å². The molecule has 0 spiro atoms. The zero-order valence-corrected chi connectivity index (χ0v) is 49.8. The van der Waals surface area contributed by atoms with Crippen molar-refractivity contribution in [3.8, 4) is 0 Å². The van der Waals surface area contributed by atoms with Crippen LogP contribution in [0.4, 0.5) is 0 Å². The highest BCUT2D eigenvalue weighted by Gasteiger charge is 2.23. The van der Waals surface area contributed by atoms with Gasteiger partial charge < -0.3 is 28.8 Å². The third kappa shape index (κ3) is 58.4. The maximum Gasteiger partial charge on any atom is 0.268 e. The predicted molar refractivity (Wildman–Crippen MR) is 325 cm³/mol. The molecule has 0 rings (SSSR count). The van der Waals surface area contributed by atoms with Crippen LogP contribution >= 0.6 is 7.82 Å². The number of rotatable bonds is 54. The van der Waals surface area contributed by atoms with Crippen molar-refractivity contribution in [3.05, 3.63) is 122 Å². The second kappa shape index (κ2) is 55.6. The van der Waals surface area contributed by atoms with E-state index in [-0.39, 0.29) is 12.5 Å². The SMILES string of the molecule is CC/C=C\C/C=C\C/C=C\C/C=C\C/C=C\C/C=C\C/C=C\CCCCCCCCCCCCCC(=O)NC(COP(=O)([O-])OCC[N+](C)(C)C)C(O)/C=C/CC/C=C/CC/C=C/CCCCCCCCCCCC. The maximum atomic E-state index is 13.0. The van der Waals surface area contributed by atoms with Crippen molar-refractivity contribution in [2.75, 3.05) is 40.9 Å². The van der Waals surface area contributed by atoms with Crippen LogP contribution in [0.2, 0.25) is 0 Å². The number of nitrogens with one attached hydrogen (secondary N) is 1. The quantitative estimate of drug-likeness (QED) is 0.0272. The number of amides is 1. The highest BCUT2D eigenvalue weighted by molar-refractivity contribution is 7.45. The zero-order valence-electron chi connectivity index (χ0n) is 49.0. The molecule has 2 N–H and O–H groups in total. The summed E-state index contributed by atoms with van der Waals surface area (Å²) in [7, 11) is 1.22. The topological polar surface area (TPSA) is 108 Å². The molecule has 9 heteroatoms. The van der Waals surface area contributed by atoms with Gasteiger partial charge in [-0.25, -0.2) is 0 Å². The molecule has 0 aliphatic carbocycles. The van der Waals surface area contributed by atoms with Crippen molar-refractivity contribution in [1.29, 1.82) is 0 Å². The molecular formula is C66H115N2O6P. The fourth-order valence-electron chi connectivity index (χ4n) is 8.16. The fraction of sp³-hybridized carbons (Fsp3) is 0.682. The average molecular weight is 1060 g/mol. The molecule has 430 valence electrons. The molecule has 8 nitrogen and oxygen atoms in total. The van der Waals surface area contributed by atoms with Gasteiger partial charge in [0.1, 0.15) is 13.2 Å². The predicted octanol–water partition coefficient (Wildman–Crippen LogP) is 18.3. The first-order chi connectivity index (χ1) is 36.5. The number of aliphatic hydroxyl groups is 1. The zero-order chi connectivity index (χ0) is 54.9. The first-order valence-electron chi connectivity index (χ1n) is 30.4. The van der Waals surface area contributed by atoms with Crippen molar-refractivity contribution >= 4 is 13.7 Å². The first-order valence-corrected chi connectivity index (χ1v) is 31.9. The van der Waals surface area contributed by atoms with E-state index in [1.165, 1.54) is 122 Å². The molecule has 0 heterocycles. The highest BCUT2D eigenvalue weighted by atomic mass is 31.2. The van der Waals surface area contributed by atoms with Crippen molar-refractivity contribution in [2.24, 2.45) is 0 Å². The molecule has 0 aromatic heterocycles. The number of carbonyl (C=O) groups is 1. The molecular weight excluding hydrogens is 948 g/mol. The number of phosphoric ester groups is 1. The number of likely N-dealkylation sites (N-methyl/N-ethyl adjacent to an activating group) is 1. The Kier molecular flexibility index (Phi) is 53.3. The third-order valence-corrected chi connectivity index (χ3v) is 13.8. The summed E-state index contributed by atoms with van der Waals surface area (Å²) in [5.41, 5.74) is 0. The Hall–Kier alpha value is -3.10. The van der Waals surface area contributed by atoms with Gasteiger partial charge in [0, 0.05) is 6.42 Å². The Labute approximate surface area is 463 Å². The van der Waals surface area contributed by atoms with E-state index >= 15 is 0 Å². The second-order valence-corrected chi connectivity index (χ2v) is 22.7. The minimum Gasteiger partial charge on any atom is -0.756 e. The van der Waals surface area contributed by atoms with Gasteiger partial charge >= 0.3 is 0 Å². The van der Waals surface area contributed by atoms with Crippen molar-refractivity contribution in [3.63, 3.8) is 0 Å². The van der Waals surface area contributed by atoms with Crippen LogP contribution in [0.3, 0.4) is 0 Å². The van der Waals surface area contributed by atoms with Gasteiger partial charge in [0.15, 0.2) is 0 Å². The number of quaternary nitrogens is 1. The lowest BCUT2D eigenvalue weighted by atomic mass is 10.0. The number of unbranched alkanes of at least 4 members (excludes halogenated alkanes) is 23. The van der Waals surface area contributed by atoms with Crippen LogP contribution < -0.4 is 10.2 Å². The molecule has 0 aliphatic rings. The molecule has 3 atom stereocenters. The largest absolute Gasteiger partial charge is 0.756 e. The molecule has 0 aromatic rings. The van der Waals surface area contributed by atoms with Crippen LogP contribution in [0.5, 0.6) is 0 Å². The fourth-order valence-corrected chi connectivity index (χ4v) is 8.89. The number of nitrogens with zero attached hydrogens (tertiary/aromatic N) is 1. The van der Waals surface area contributed by atoms with Gasteiger partial charge in [0.2, 0.25) is 5.91 Å². The monoisotopic (exact) mass is 1060 g/mol. The maximum absolute atomic E-state index is 13.0. The van der Waals surface area contributed by atoms with Gasteiger partial charge in [-0.2, -0.15) is 0 Å². The average Bonchev–Trinajstić information content (AvgIpc) is 3.37. The van der Waals surface area contributed by atoms with E-state index in [1.807, 2.05) is 27.2 Å². The van der Waals surface area contributed by atoms with E-state index in [2.05, 4.69) is 129 Å². The van der Waals surface area contributed by atoms with Gasteiger partial charge in [-0.3, -0.25) is 9.36 Å². The smallest absolute Gasteiger partial charge is 0.268 e. The van der Waals surface area contributed by atoms with Gasteiger partial charge in [-0.1, -0.05) is 251 Å². The third-order valence-electron chi connectivity index (χ3n) is 12.9. The van der Waals surface area contributed by atoms with Crippen LogP contribution in [-0.4, -0.2) is 68.5 Å². The van der Waals surface area contributed by atoms with Gasteiger partial charge in [-0.15, -0.1) is 0 Å². The molecule has 0 aliphatic heterocycles. The molecule has 0 saturated heterocycles. The summed E-state index contributed by atoms with van der Waals surface area (Å²) in [6, 6.07) is -0.920. The molecule has 1 amide bonds. The van der Waals surface area contributed by atoms with Crippen molar-refractivity contribution in [1.82, 2.24) is 5.32 Å². The molecule has 0 saturated carbocycles. The summed E-state index contributed by atoms with van der Waals surface area (Å²) >= 11 is 0. The Morgan fingerprint density at radius 1 is 0.480 bits per heavy atom. The standard InChI is InChI=1S/C66H115N2O6P/c1-6-8-10-12-14-16-18-20-22-24-26-28-29-30-31-32-33-34-35-36-37-38-39-40-42-44-46-48-50-52-54-56-58-60-66(70)67-64(63-74-75(71,72)73-62-61-68(3,4)5)65(69)59-57-55-53-51-49-47-45-43-41-27-25-23-21-19-17-15-13-11-9-7-2/h8,10,14,16,20,22,26,28,30-31,33-34,36-37,41,43,49,51,57,59,64-65,69H,6-7,9,11-13,15,17-19,21,23-25,27,29,32,35,38-40,42,44-48,50,52-56,58,60-63H2,1-5H3,(H-,67,70,71,72)/b10-8-,16-14-,22-20-,28-26-,31-30-,34-33-,37-36-,43-41+,51-49+,59-57+. The summed E-state index contributed by atoms with van der Waals surface area (Å²) in [5.74, 6) is -0.219.